The summed E-state index contributed by atoms with van der Waals surface area (Å²) in [5, 5.41) is 10.2. The highest BCUT2D eigenvalue weighted by Crippen LogP contribution is 2.41. The fraction of sp³-hybridized carbons (Fsp3) is 0.250. The fourth-order valence-electron chi connectivity index (χ4n) is 2.43. The number of halogens is 2. The third kappa shape index (κ3) is 2.45. The van der Waals surface area contributed by atoms with Crippen LogP contribution in [0, 0.1) is 12.7 Å². The maximum atomic E-state index is 13.7. The van der Waals surface area contributed by atoms with Gasteiger partial charge in [0.2, 0.25) is 0 Å². The number of benzene rings is 2. The van der Waals surface area contributed by atoms with E-state index >= 15 is 0 Å². The minimum Gasteiger partial charge on any atom is -0.485 e. The summed E-state index contributed by atoms with van der Waals surface area (Å²) in [4.78, 5) is 0. The molecule has 0 saturated carbocycles. The van der Waals surface area contributed by atoms with Crippen molar-refractivity contribution in [3.8, 4) is 5.75 Å². The van der Waals surface area contributed by atoms with Crippen molar-refractivity contribution in [1.82, 2.24) is 0 Å². The fourth-order valence-corrected chi connectivity index (χ4v) is 2.77. The summed E-state index contributed by atoms with van der Waals surface area (Å²) in [6.07, 6.45) is -0.500. The van der Waals surface area contributed by atoms with Gasteiger partial charge in [-0.05, 0) is 36.2 Å². The molecule has 0 amide bonds. The molecule has 0 saturated heterocycles. The Morgan fingerprint density at radius 2 is 2.05 bits per heavy atom. The molecule has 0 radical (unpaired) electrons. The van der Waals surface area contributed by atoms with Crippen LogP contribution in [0.1, 0.15) is 35.3 Å². The first-order chi connectivity index (χ1) is 9.54. The summed E-state index contributed by atoms with van der Waals surface area (Å²) >= 11 is 3.39. The van der Waals surface area contributed by atoms with Gasteiger partial charge >= 0.3 is 0 Å². The van der Waals surface area contributed by atoms with E-state index in [0.29, 0.717) is 17.7 Å². The molecule has 20 heavy (non-hydrogen) atoms. The predicted octanol–water partition coefficient (Wildman–Crippen LogP) is 4.45. The lowest BCUT2D eigenvalue weighted by Gasteiger charge is -2.30. The number of ether oxygens (including phenoxy) is 1. The van der Waals surface area contributed by atoms with E-state index < -0.39 is 6.10 Å². The highest BCUT2D eigenvalue weighted by molar-refractivity contribution is 9.10. The molecular formula is C16H14BrFO2. The molecule has 2 nitrogen and oxygen atoms in total. The first kappa shape index (κ1) is 13.6. The van der Waals surface area contributed by atoms with E-state index in [-0.39, 0.29) is 11.9 Å². The molecular weight excluding hydrogens is 323 g/mol. The molecule has 0 aliphatic carbocycles. The molecule has 3 rings (SSSR count). The zero-order valence-electron chi connectivity index (χ0n) is 10.9. The second kappa shape index (κ2) is 5.19. The highest BCUT2D eigenvalue weighted by Gasteiger charge is 2.28. The largest absolute Gasteiger partial charge is 0.485 e. The van der Waals surface area contributed by atoms with E-state index in [0.717, 1.165) is 15.6 Å². The standard InChI is InChI=1S/C16H14BrFO2/c1-9-2-3-10(6-13(9)18)15-8-14(19)12-5-4-11(17)7-16(12)20-15/h2-7,14-15,19H,8H2,1H3. The van der Waals surface area contributed by atoms with E-state index in [1.807, 2.05) is 24.3 Å². The van der Waals surface area contributed by atoms with Crippen LogP contribution in [0.15, 0.2) is 40.9 Å². The summed E-state index contributed by atoms with van der Waals surface area (Å²) in [6, 6.07) is 10.6. The van der Waals surface area contributed by atoms with Crippen LogP contribution in [-0.4, -0.2) is 5.11 Å². The van der Waals surface area contributed by atoms with E-state index in [4.69, 9.17) is 4.74 Å². The van der Waals surface area contributed by atoms with E-state index in [9.17, 15) is 9.50 Å². The van der Waals surface area contributed by atoms with Gasteiger partial charge in [-0.15, -0.1) is 0 Å². The molecule has 0 fully saturated rings. The van der Waals surface area contributed by atoms with Crippen LogP contribution in [0.2, 0.25) is 0 Å². The quantitative estimate of drug-likeness (QED) is 0.833. The van der Waals surface area contributed by atoms with Gasteiger partial charge in [0, 0.05) is 16.5 Å². The van der Waals surface area contributed by atoms with Crippen LogP contribution < -0.4 is 4.74 Å². The van der Waals surface area contributed by atoms with Crippen LogP contribution in [-0.2, 0) is 0 Å². The SMILES string of the molecule is Cc1ccc(C2CC(O)c3ccc(Br)cc3O2)cc1F. The molecule has 2 unspecified atom stereocenters. The van der Waals surface area contributed by atoms with Gasteiger partial charge in [-0.2, -0.15) is 0 Å². The second-order valence-corrected chi connectivity index (χ2v) is 5.96. The van der Waals surface area contributed by atoms with Gasteiger partial charge in [0.05, 0.1) is 6.10 Å². The number of hydrogen-bond donors (Lipinski definition) is 1. The summed E-state index contributed by atoms with van der Waals surface area (Å²) in [7, 11) is 0. The smallest absolute Gasteiger partial charge is 0.127 e. The average molecular weight is 337 g/mol. The minimum atomic E-state index is -0.596. The number of aliphatic hydroxyl groups excluding tert-OH is 1. The Labute approximate surface area is 125 Å². The number of rotatable bonds is 1. The topological polar surface area (TPSA) is 29.5 Å². The lowest BCUT2D eigenvalue weighted by Crippen LogP contribution is -2.19. The summed E-state index contributed by atoms with van der Waals surface area (Å²) in [5.41, 5.74) is 2.13. The Morgan fingerprint density at radius 3 is 2.80 bits per heavy atom. The maximum absolute atomic E-state index is 13.7. The van der Waals surface area contributed by atoms with E-state index in [1.165, 1.54) is 6.07 Å². The van der Waals surface area contributed by atoms with Crippen molar-refractivity contribution in [2.45, 2.75) is 25.6 Å². The van der Waals surface area contributed by atoms with E-state index in [2.05, 4.69) is 15.9 Å². The molecule has 0 spiro atoms. The normalized spacial score (nSPS) is 21.2. The van der Waals surface area contributed by atoms with Crippen LogP contribution >= 0.6 is 15.9 Å². The number of hydrogen-bond acceptors (Lipinski definition) is 2. The van der Waals surface area contributed by atoms with Crippen LogP contribution in [0.5, 0.6) is 5.75 Å². The van der Waals surface area contributed by atoms with Gasteiger partial charge in [-0.1, -0.05) is 34.1 Å². The molecule has 2 aromatic rings. The Morgan fingerprint density at radius 1 is 1.25 bits per heavy atom. The molecule has 1 N–H and O–H groups in total. The van der Waals surface area contributed by atoms with Gasteiger partial charge in [0.1, 0.15) is 17.7 Å². The van der Waals surface area contributed by atoms with Gasteiger partial charge in [0.25, 0.3) is 0 Å². The monoisotopic (exact) mass is 336 g/mol. The number of fused-ring (bicyclic) bond motifs is 1. The predicted molar refractivity (Wildman–Crippen MR) is 78.2 cm³/mol. The molecule has 1 heterocycles. The minimum absolute atomic E-state index is 0.249. The zero-order valence-corrected chi connectivity index (χ0v) is 12.5. The molecule has 4 heteroatoms. The van der Waals surface area contributed by atoms with Gasteiger partial charge < -0.3 is 9.84 Å². The van der Waals surface area contributed by atoms with Gasteiger partial charge in [-0.25, -0.2) is 4.39 Å². The Hall–Kier alpha value is -1.39. The number of aliphatic hydroxyl groups is 1. The van der Waals surface area contributed by atoms with Crippen molar-refractivity contribution >= 4 is 15.9 Å². The summed E-state index contributed by atoms with van der Waals surface area (Å²) in [5.74, 6) is 0.393. The third-order valence-corrected chi connectivity index (χ3v) is 4.10. The van der Waals surface area contributed by atoms with Crippen molar-refractivity contribution in [1.29, 1.82) is 0 Å². The van der Waals surface area contributed by atoms with Crippen LogP contribution in [0.25, 0.3) is 0 Å². The first-order valence-corrected chi connectivity index (χ1v) is 7.24. The molecule has 2 aromatic carbocycles. The Kier molecular flexibility index (Phi) is 3.52. The lowest BCUT2D eigenvalue weighted by atomic mass is 9.94. The second-order valence-electron chi connectivity index (χ2n) is 5.05. The van der Waals surface area contributed by atoms with Crippen LogP contribution in [0.3, 0.4) is 0 Å². The molecule has 1 aliphatic rings. The third-order valence-electron chi connectivity index (χ3n) is 3.61. The maximum Gasteiger partial charge on any atom is 0.127 e. The van der Waals surface area contributed by atoms with Gasteiger partial charge in [-0.3, -0.25) is 0 Å². The van der Waals surface area contributed by atoms with Crippen molar-refractivity contribution in [2.24, 2.45) is 0 Å². The molecule has 0 bridgehead atoms. The van der Waals surface area contributed by atoms with Crippen molar-refractivity contribution < 1.29 is 14.2 Å². The van der Waals surface area contributed by atoms with Crippen LogP contribution in [0.4, 0.5) is 4.39 Å². The summed E-state index contributed by atoms with van der Waals surface area (Å²) in [6.45, 7) is 1.72. The van der Waals surface area contributed by atoms with Crippen molar-refractivity contribution in [3.63, 3.8) is 0 Å². The average Bonchev–Trinajstić information content (AvgIpc) is 2.41. The zero-order chi connectivity index (χ0) is 14.3. The Balaban J connectivity index is 1.96. The summed E-state index contributed by atoms with van der Waals surface area (Å²) < 4.78 is 20.5. The van der Waals surface area contributed by atoms with Crippen molar-refractivity contribution in [3.05, 3.63) is 63.4 Å². The number of aryl methyl sites for hydroxylation is 1. The van der Waals surface area contributed by atoms with Gasteiger partial charge in [0.15, 0.2) is 0 Å². The molecule has 0 aromatic heterocycles. The highest BCUT2D eigenvalue weighted by atomic mass is 79.9. The lowest BCUT2D eigenvalue weighted by molar-refractivity contribution is 0.0655. The molecule has 2 atom stereocenters. The first-order valence-electron chi connectivity index (χ1n) is 6.45. The molecule has 104 valence electrons. The van der Waals surface area contributed by atoms with Crippen molar-refractivity contribution in [2.75, 3.05) is 0 Å². The Bertz CT molecular complexity index is 657. The molecule has 1 aliphatic heterocycles. The van der Waals surface area contributed by atoms with E-state index in [1.54, 1.807) is 13.0 Å².